The molecular formula is C15H24N2O. The summed E-state index contributed by atoms with van der Waals surface area (Å²) in [6.45, 7) is 0. The summed E-state index contributed by atoms with van der Waals surface area (Å²) in [6, 6.07) is 6.54. The molecule has 0 radical (unpaired) electrons. The van der Waals surface area contributed by atoms with E-state index in [9.17, 15) is 0 Å². The minimum Gasteiger partial charge on any atom is -0.495 e. The Labute approximate surface area is 110 Å². The number of ether oxygens (including phenoxy) is 1. The average molecular weight is 248 g/mol. The smallest absolute Gasteiger partial charge is 0.143 e. The Kier molecular flexibility index (Phi) is 4.73. The van der Waals surface area contributed by atoms with Crippen molar-refractivity contribution < 1.29 is 4.74 Å². The molecule has 0 bridgehead atoms. The fourth-order valence-electron chi connectivity index (χ4n) is 2.64. The van der Waals surface area contributed by atoms with E-state index in [1.807, 2.05) is 18.2 Å². The van der Waals surface area contributed by atoms with Crippen molar-refractivity contribution in [3.63, 3.8) is 0 Å². The second-order valence-electron chi connectivity index (χ2n) is 5.14. The summed E-state index contributed by atoms with van der Waals surface area (Å²) < 4.78 is 5.25. The van der Waals surface area contributed by atoms with Crippen LogP contribution in [0.5, 0.6) is 5.75 Å². The molecule has 3 N–H and O–H groups in total. The van der Waals surface area contributed by atoms with Crippen molar-refractivity contribution in [1.29, 1.82) is 0 Å². The summed E-state index contributed by atoms with van der Waals surface area (Å²) in [5, 5.41) is 3.62. The molecule has 0 atom stereocenters. The standard InChI is InChI=1S/C15H24N2O/c1-18-15-11-13(9-10-14(15)16)17-12-7-5-3-2-4-6-8-12/h9-12,17H,2-8,16H2,1H3. The number of benzene rings is 1. The summed E-state index contributed by atoms with van der Waals surface area (Å²) in [7, 11) is 1.66. The predicted octanol–water partition coefficient (Wildman–Crippen LogP) is 3.80. The Hall–Kier alpha value is -1.38. The van der Waals surface area contributed by atoms with Gasteiger partial charge in [0.25, 0.3) is 0 Å². The van der Waals surface area contributed by atoms with Crippen LogP contribution in [-0.2, 0) is 0 Å². The molecule has 1 aliphatic rings. The van der Waals surface area contributed by atoms with E-state index in [1.165, 1.54) is 44.9 Å². The molecule has 2 rings (SSSR count). The van der Waals surface area contributed by atoms with Crippen LogP contribution in [0.1, 0.15) is 44.9 Å². The average Bonchev–Trinajstić information content (AvgIpc) is 2.34. The monoisotopic (exact) mass is 248 g/mol. The van der Waals surface area contributed by atoms with Gasteiger partial charge >= 0.3 is 0 Å². The van der Waals surface area contributed by atoms with E-state index >= 15 is 0 Å². The van der Waals surface area contributed by atoms with Gasteiger partial charge < -0.3 is 15.8 Å². The number of anilines is 2. The number of nitrogen functional groups attached to an aromatic ring is 1. The lowest BCUT2D eigenvalue weighted by molar-refractivity contribution is 0.417. The summed E-state index contributed by atoms with van der Waals surface area (Å²) in [5.41, 5.74) is 7.64. The maximum absolute atomic E-state index is 5.83. The lowest BCUT2D eigenvalue weighted by Crippen LogP contribution is -2.20. The first-order valence-electron chi connectivity index (χ1n) is 6.99. The minimum absolute atomic E-state index is 0.596. The highest BCUT2D eigenvalue weighted by Crippen LogP contribution is 2.27. The SMILES string of the molecule is COc1cc(NC2CCCCCCC2)ccc1N. The maximum Gasteiger partial charge on any atom is 0.143 e. The normalized spacial score (nSPS) is 17.8. The molecule has 3 nitrogen and oxygen atoms in total. The van der Waals surface area contributed by atoms with Crippen LogP contribution in [0, 0.1) is 0 Å². The van der Waals surface area contributed by atoms with Crippen LogP contribution in [0.15, 0.2) is 18.2 Å². The van der Waals surface area contributed by atoms with Gasteiger partial charge in [-0.1, -0.05) is 32.1 Å². The summed E-state index contributed by atoms with van der Waals surface area (Å²) in [4.78, 5) is 0. The highest BCUT2D eigenvalue weighted by atomic mass is 16.5. The second kappa shape index (κ2) is 6.53. The molecule has 0 aliphatic heterocycles. The molecule has 0 saturated heterocycles. The van der Waals surface area contributed by atoms with Gasteiger partial charge in [-0.05, 0) is 25.0 Å². The van der Waals surface area contributed by atoms with Crippen LogP contribution in [0.3, 0.4) is 0 Å². The molecule has 3 heteroatoms. The zero-order chi connectivity index (χ0) is 12.8. The minimum atomic E-state index is 0.596. The van der Waals surface area contributed by atoms with Crippen molar-refractivity contribution in [2.24, 2.45) is 0 Å². The van der Waals surface area contributed by atoms with E-state index in [-0.39, 0.29) is 0 Å². The molecule has 1 aromatic rings. The van der Waals surface area contributed by atoms with Gasteiger partial charge in [0, 0.05) is 17.8 Å². The molecule has 1 saturated carbocycles. The quantitative estimate of drug-likeness (QED) is 0.800. The zero-order valence-electron chi connectivity index (χ0n) is 11.2. The van der Waals surface area contributed by atoms with Crippen LogP contribution >= 0.6 is 0 Å². The number of nitrogens with one attached hydrogen (secondary N) is 1. The predicted molar refractivity (Wildman–Crippen MR) is 77.1 cm³/mol. The Morgan fingerprint density at radius 1 is 1.11 bits per heavy atom. The molecule has 0 aromatic heterocycles. The van der Waals surface area contributed by atoms with E-state index in [4.69, 9.17) is 10.5 Å². The molecule has 1 aromatic carbocycles. The fraction of sp³-hybridized carbons (Fsp3) is 0.600. The van der Waals surface area contributed by atoms with Gasteiger partial charge in [-0.15, -0.1) is 0 Å². The second-order valence-corrected chi connectivity index (χ2v) is 5.14. The van der Waals surface area contributed by atoms with E-state index in [0.717, 1.165) is 11.4 Å². The van der Waals surface area contributed by atoms with Gasteiger partial charge in [0.15, 0.2) is 0 Å². The van der Waals surface area contributed by atoms with E-state index < -0.39 is 0 Å². The highest BCUT2D eigenvalue weighted by molar-refractivity contribution is 5.61. The fourth-order valence-corrected chi connectivity index (χ4v) is 2.64. The first-order valence-corrected chi connectivity index (χ1v) is 6.99. The van der Waals surface area contributed by atoms with Crippen molar-refractivity contribution >= 4 is 11.4 Å². The van der Waals surface area contributed by atoms with Gasteiger partial charge in [-0.3, -0.25) is 0 Å². The Bertz CT molecular complexity index is 371. The summed E-state index contributed by atoms with van der Waals surface area (Å²) in [6.07, 6.45) is 9.38. The van der Waals surface area contributed by atoms with Crippen LogP contribution in [0.2, 0.25) is 0 Å². The largest absolute Gasteiger partial charge is 0.495 e. The lowest BCUT2D eigenvalue weighted by Gasteiger charge is -2.22. The van der Waals surface area contributed by atoms with E-state index in [0.29, 0.717) is 11.7 Å². The number of nitrogens with two attached hydrogens (primary N) is 1. The van der Waals surface area contributed by atoms with Crippen LogP contribution in [0.4, 0.5) is 11.4 Å². The molecule has 0 heterocycles. The molecule has 1 aliphatic carbocycles. The van der Waals surface area contributed by atoms with Gasteiger partial charge in [-0.25, -0.2) is 0 Å². The molecular weight excluding hydrogens is 224 g/mol. The summed E-state index contributed by atoms with van der Waals surface area (Å²) >= 11 is 0. The lowest BCUT2D eigenvalue weighted by atomic mass is 9.96. The van der Waals surface area contributed by atoms with Crippen LogP contribution < -0.4 is 15.8 Å². The van der Waals surface area contributed by atoms with Gasteiger partial charge in [0.2, 0.25) is 0 Å². The molecule has 0 unspecified atom stereocenters. The van der Waals surface area contributed by atoms with E-state index in [2.05, 4.69) is 5.32 Å². The third kappa shape index (κ3) is 3.56. The third-order valence-electron chi connectivity index (χ3n) is 3.71. The van der Waals surface area contributed by atoms with Crippen LogP contribution in [0.25, 0.3) is 0 Å². The highest BCUT2D eigenvalue weighted by Gasteiger charge is 2.11. The van der Waals surface area contributed by atoms with Crippen molar-refractivity contribution in [2.45, 2.75) is 51.0 Å². The molecule has 100 valence electrons. The summed E-state index contributed by atoms with van der Waals surface area (Å²) in [5.74, 6) is 0.755. The Morgan fingerprint density at radius 2 is 1.78 bits per heavy atom. The zero-order valence-corrected chi connectivity index (χ0v) is 11.2. The number of hydrogen-bond donors (Lipinski definition) is 2. The Morgan fingerprint density at radius 3 is 2.44 bits per heavy atom. The molecule has 0 amide bonds. The van der Waals surface area contributed by atoms with Crippen molar-refractivity contribution in [3.8, 4) is 5.75 Å². The number of methoxy groups -OCH3 is 1. The third-order valence-corrected chi connectivity index (χ3v) is 3.71. The maximum atomic E-state index is 5.83. The molecule has 18 heavy (non-hydrogen) atoms. The van der Waals surface area contributed by atoms with Crippen LogP contribution in [-0.4, -0.2) is 13.2 Å². The number of hydrogen-bond acceptors (Lipinski definition) is 3. The first kappa shape index (κ1) is 13.1. The van der Waals surface area contributed by atoms with Crippen molar-refractivity contribution in [2.75, 3.05) is 18.2 Å². The van der Waals surface area contributed by atoms with E-state index in [1.54, 1.807) is 7.11 Å². The topological polar surface area (TPSA) is 47.3 Å². The van der Waals surface area contributed by atoms with Gasteiger partial charge in [0.1, 0.15) is 5.75 Å². The Balaban J connectivity index is 1.98. The molecule has 0 spiro atoms. The molecule has 1 fully saturated rings. The van der Waals surface area contributed by atoms with Gasteiger partial charge in [-0.2, -0.15) is 0 Å². The van der Waals surface area contributed by atoms with Gasteiger partial charge in [0.05, 0.1) is 12.8 Å². The van der Waals surface area contributed by atoms with Crippen molar-refractivity contribution in [1.82, 2.24) is 0 Å². The first-order chi connectivity index (χ1) is 8.79. The number of rotatable bonds is 3. The van der Waals surface area contributed by atoms with Crippen molar-refractivity contribution in [3.05, 3.63) is 18.2 Å².